The van der Waals surface area contributed by atoms with Crippen molar-refractivity contribution in [3.63, 3.8) is 0 Å². The first-order valence-electron chi connectivity index (χ1n) is 28.9. The number of aliphatic imine (C=N–C) groups is 4. The number of carboxylic acids is 4. The van der Waals surface area contributed by atoms with Gasteiger partial charge in [0.25, 0.3) is 0 Å². The number of carbonyl (C=O) groups is 4. The number of benzene rings is 8. The third-order valence-corrected chi connectivity index (χ3v) is 15.5. The quantitative estimate of drug-likeness (QED) is 0.0499. The van der Waals surface area contributed by atoms with Crippen LogP contribution in [0, 0.1) is 0 Å². The van der Waals surface area contributed by atoms with Gasteiger partial charge in [-0.2, -0.15) is 0 Å². The van der Waals surface area contributed by atoms with Crippen LogP contribution in [0.2, 0.25) is 0 Å². The van der Waals surface area contributed by atoms with E-state index in [2.05, 4.69) is 9.97 Å². The molecule has 0 saturated heterocycles. The van der Waals surface area contributed by atoms with Crippen LogP contribution in [-0.2, 0) is 0 Å². The lowest BCUT2D eigenvalue weighted by atomic mass is 10.0. The lowest BCUT2D eigenvalue weighted by Gasteiger charge is -2.08. The van der Waals surface area contributed by atoms with Crippen molar-refractivity contribution in [2.45, 2.75) is 0 Å². The molecular formula is C76H50N8O8. The van der Waals surface area contributed by atoms with E-state index in [9.17, 15) is 39.6 Å². The fraction of sp³-hybridized carbons (Fsp3) is 0. The average molecular weight is 1200 g/mol. The van der Waals surface area contributed by atoms with E-state index >= 15 is 0 Å². The summed E-state index contributed by atoms with van der Waals surface area (Å²) in [7, 11) is 0. The normalized spacial score (nSPS) is 12.0. The second-order valence-electron chi connectivity index (χ2n) is 21.4. The molecule has 0 atom stereocenters. The lowest BCUT2D eigenvalue weighted by molar-refractivity contribution is 0.0686. The SMILES string of the molecule is O=C(O)c1ccc(C=Nc2ccc(-c3c4nc(c(-c5ccc(N=Cc6ccc(C(=O)O)cc6)cc5)c5ccc([nH]5)c(-c5ccc(N=Cc6ccc(C(=O)O)cc6)cc5)c5nc(c(-c6ccc(N=Cc7ccc(C(=O)O)cc7)cc6)c6ccc3[nH]6)C=C5)C=C4)cc2)cc1. The smallest absolute Gasteiger partial charge is 0.335 e. The second-order valence-corrected chi connectivity index (χ2v) is 21.4. The molecule has 442 valence electrons. The maximum atomic E-state index is 11.5. The summed E-state index contributed by atoms with van der Waals surface area (Å²) in [5.41, 5.74) is 18.8. The Kier molecular flexibility index (Phi) is 16.0. The van der Waals surface area contributed by atoms with Crippen LogP contribution in [0.5, 0.6) is 0 Å². The summed E-state index contributed by atoms with van der Waals surface area (Å²) >= 11 is 0. The maximum Gasteiger partial charge on any atom is 0.335 e. The van der Waals surface area contributed by atoms with Crippen LogP contribution in [0.15, 0.2) is 238 Å². The van der Waals surface area contributed by atoms with Crippen LogP contribution in [0.4, 0.5) is 22.7 Å². The Morgan fingerprint density at radius 2 is 0.467 bits per heavy atom. The van der Waals surface area contributed by atoms with E-state index in [-0.39, 0.29) is 22.3 Å². The number of H-pyrrole nitrogens is 2. The van der Waals surface area contributed by atoms with E-state index in [1.165, 1.54) is 0 Å². The Hall–Kier alpha value is -13.1. The molecule has 8 aromatic carbocycles. The minimum absolute atomic E-state index is 0.185. The summed E-state index contributed by atoms with van der Waals surface area (Å²) in [6, 6.07) is 65.5. The molecule has 13 rings (SSSR count). The van der Waals surface area contributed by atoms with E-state index in [0.717, 1.165) is 88.8 Å². The molecule has 16 heteroatoms. The van der Waals surface area contributed by atoms with Crippen molar-refractivity contribution >= 4 is 118 Å². The van der Waals surface area contributed by atoms with Gasteiger partial charge in [-0.1, -0.05) is 97.1 Å². The molecule has 16 nitrogen and oxygen atoms in total. The van der Waals surface area contributed by atoms with Gasteiger partial charge in [-0.25, -0.2) is 29.1 Å². The highest BCUT2D eigenvalue weighted by atomic mass is 16.4. The Balaban J connectivity index is 0.988. The number of carboxylic acid groups (broad SMARTS) is 4. The zero-order valence-electron chi connectivity index (χ0n) is 48.5. The van der Waals surface area contributed by atoms with Crippen molar-refractivity contribution in [3.8, 4) is 44.5 Å². The number of hydrogen-bond acceptors (Lipinski definition) is 10. The molecular weight excluding hydrogens is 1150 g/mol. The van der Waals surface area contributed by atoms with Crippen LogP contribution >= 0.6 is 0 Å². The third-order valence-electron chi connectivity index (χ3n) is 15.5. The van der Waals surface area contributed by atoms with E-state index in [4.69, 9.17) is 29.9 Å². The summed E-state index contributed by atoms with van der Waals surface area (Å²) in [6.07, 6.45) is 14.8. The number of aromatic amines is 2. The van der Waals surface area contributed by atoms with Gasteiger partial charge < -0.3 is 30.4 Å². The summed E-state index contributed by atoms with van der Waals surface area (Å²) in [5, 5.41) is 37.7. The van der Waals surface area contributed by atoms with E-state index < -0.39 is 23.9 Å². The molecule has 11 aromatic rings. The van der Waals surface area contributed by atoms with Crippen molar-refractivity contribution in [3.05, 3.63) is 286 Å². The highest BCUT2D eigenvalue weighted by Gasteiger charge is 2.20. The van der Waals surface area contributed by atoms with E-state index in [0.29, 0.717) is 45.5 Å². The van der Waals surface area contributed by atoms with E-state index in [1.54, 1.807) is 122 Å². The first-order chi connectivity index (χ1) is 44.8. The van der Waals surface area contributed by atoms with Crippen LogP contribution in [-0.4, -0.2) is 89.1 Å². The monoisotopic (exact) mass is 1200 g/mol. The molecule has 0 fully saturated rings. The molecule has 92 heavy (non-hydrogen) atoms. The van der Waals surface area contributed by atoms with Gasteiger partial charge in [0.15, 0.2) is 0 Å². The number of aromatic carboxylic acids is 4. The van der Waals surface area contributed by atoms with Gasteiger partial charge in [-0.05, 0) is 190 Å². The Labute approximate surface area is 525 Å². The van der Waals surface area contributed by atoms with Crippen molar-refractivity contribution in [1.29, 1.82) is 0 Å². The summed E-state index contributed by atoms with van der Waals surface area (Å²) < 4.78 is 0. The van der Waals surface area contributed by atoms with Gasteiger partial charge in [0.2, 0.25) is 0 Å². The molecule has 0 unspecified atom stereocenters. The fourth-order valence-electron chi connectivity index (χ4n) is 10.7. The summed E-state index contributed by atoms with van der Waals surface area (Å²) in [5.74, 6) is -4.02. The molecule has 0 saturated carbocycles. The van der Waals surface area contributed by atoms with E-state index in [1.807, 2.05) is 146 Å². The number of rotatable bonds is 16. The molecule has 8 bridgehead atoms. The number of fused-ring (bicyclic) bond motifs is 8. The highest BCUT2D eigenvalue weighted by Crippen LogP contribution is 2.40. The average Bonchev–Trinajstić information content (AvgIpc) is 1.63. The number of aromatic nitrogens is 4. The fourth-order valence-corrected chi connectivity index (χ4v) is 10.7. The second kappa shape index (κ2) is 25.3. The Morgan fingerprint density at radius 3 is 0.652 bits per heavy atom. The van der Waals surface area contributed by atoms with Crippen LogP contribution < -0.4 is 0 Å². The van der Waals surface area contributed by atoms with Gasteiger partial charge >= 0.3 is 23.9 Å². The Bertz CT molecular complexity index is 4450. The molecule has 2 aliphatic heterocycles. The molecule has 5 heterocycles. The third kappa shape index (κ3) is 12.7. The number of hydrogen-bond donors (Lipinski definition) is 6. The van der Waals surface area contributed by atoms with Crippen LogP contribution in [0.1, 0.15) is 86.5 Å². The summed E-state index contributed by atoms with van der Waals surface area (Å²) in [4.78, 5) is 83.5. The highest BCUT2D eigenvalue weighted by molar-refractivity contribution is 6.01. The van der Waals surface area contributed by atoms with Gasteiger partial charge in [-0.3, -0.25) is 20.0 Å². The molecule has 0 aliphatic carbocycles. The van der Waals surface area contributed by atoms with Crippen LogP contribution in [0.25, 0.3) is 90.9 Å². The molecule has 6 N–H and O–H groups in total. The molecule has 2 aliphatic rings. The molecule has 3 aromatic heterocycles. The molecule has 0 radical (unpaired) electrons. The first-order valence-corrected chi connectivity index (χ1v) is 28.9. The lowest BCUT2D eigenvalue weighted by Crippen LogP contribution is -1.95. The number of nitrogens with one attached hydrogen (secondary N) is 2. The largest absolute Gasteiger partial charge is 0.478 e. The van der Waals surface area contributed by atoms with Gasteiger partial charge in [0.1, 0.15) is 0 Å². The van der Waals surface area contributed by atoms with Gasteiger partial charge in [-0.15, -0.1) is 0 Å². The topological polar surface area (TPSA) is 256 Å². The minimum atomic E-state index is -1.01. The van der Waals surface area contributed by atoms with Gasteiger partial charge in [0.05, 0.1) is 67.8 Å². The van der Waals surface area contributed by atoms with Crippen molar-refractivity contribution in [2.75, 3.05) is 0 Å². The minimum Gasteiger partial charge on any atom is -0.478 e. The predicted molar refractivity (Wildman–Crippen MR) is 363 cm³/mol. The predicted octanol–water partition coefficient (Wildman–Crippen LogP) is 17.1. The van der Waals surface area contributed by atoms with Crippen LogP contribution in [0.3, 0.4) is 0 Å². The number of nitrogens with zero attached hydrogens (tertiary/aromatic N) is 6. The maximum absolute atomic E-state index is 11.5. The first kappa shape index (κ1) is 58.0. The Morgan fingerprint density at radius 1 is 0.272 bits per heavy atom. The van der Waals surface area contributed by atoms with Crippen molar-refractivity contribution < 1.29 is 39.6 Å². The van der Waals surface area contributed by atoms with Crippen molar-refractivity contribution in [2.24, 2.45) is 20.0 Å². The van der Waals surface area contributed by atoms with Gasteiger partial charge in [0, 0.05) is 69.2 Å². The molecule has 0 spiro atoms. The zero-order chi connectivity index (χ0) is 63.2. The standard InChI is InChI=1S/C76H50N8O8/c85-73(86)53-9-1-45(2-10-53)41-77-57-25-17-49(18-26-57)69-61-33-35-63(81-61)70(50-19-27-58(28-20-50)78-42-46-3-11-54(12-4-46)74(87)88)65-37-39-67(83-65)72(52-23-31-60(32-24-52)80-44-48-7-15-56(16-8-48)76(91)92)68-40-38-66(84-68)71(64-36-34-62(69)82-64)51-21-29-59(30-22-51)79-43-47-5-13-55(14-6-47)75(89)90/h1-44,81,84H,(H,85,86)(H,87,88)(H,89,90)(H,91,92). The van der Waals surface area contributed by atoms with Crippen molar-refractivity contribution in [1.82, 2.24) is 19.9 Å². The zero-order valence-corrected chi connectivity index (χ0v) is 48.5. The molecule has 0 amide bonds. The summed E-state index contributed by atoms with van der Waals surface area (Å²) in [6.45, 7) is 0.